The molecule has 0 fully saturated rings. The maximum absolute atomic E-state index is 11.9. The van der Waals surface area contributed by atoms with E-state index in [9.17, 15) is 9.90 Å². The quantitative estimate of drug-likeness (QED) is 0.571. The van der Waals surface area contributed by atoms with E-state index in [2.05, 4.69) is 10.5 Å². The Morgan fingerprint density at radius 2 is 1.84 bits per heavy atom. The van der Waals surface area contributed by atoms with Gasteiger partial charge in [-0.25, -0.2) is 5.43 Å². The number of carbonyl (C=O) groups excluding carboxylic acids is 1. The maximum Gasteiger partial charge on any atom is 0.244 e. The summed E-state index contributed by atoms with van der Waals surface area (Å²) in [6.07, 6.45) is 1.72. The van der Waals surface area contributed by atoms with Gasteiger partial charge in [0.15, 0.2) is 11.5 Å². The summed E-state index contributed by atoms with van der Waals surface area (Å²) in [5.41, 5.74) is 4.07. The molecular formula is C19H22N2O4. The van der Waals surface area contributed by atoms with Crippen LogP contribution in [0.4, 0.5) is 0 Å². The second-order valence-electron chi connectivity index (χ2n) is 5.21. The average molecular weight is 342 g/mol. The van der Waals surface area contributed by atoms with Gasteiger partial charge < -0.3 is 14.6 Å². The second kappa shape index (κ2) is 9.32. The first-order valence-corrected chi connectivity index (χ1v) is 8.11. The lowest BCUT2D eigenvalue weighted by Crippen LogP contribution is -2.19. The summed E-state index contributed by atoms with van der Waals surface area (Å²) >= 11 is 0. The molecule has 2 aromatic rings. The summed E-state index contributed by atoms with van der Waals surface area (Å²) in [5.74, 6) is 1.01. The van der Waals surface area contributed by atoms with Crippen molar-refractivity contribution in [3.05, 3.63) is 53.6 Å². The van der Waals surface area contributed by atoms with Crippen LogP contribution in [0, 0.1) is 0 Å². The molecule has 0 atom stereocenters. The fraction of sp³-hybridized carbons (Fsp3) is 0.263. The molecule has 25 heavy (non-hydrogen) atoms. The fourth-order valence-electron chi connectivity index (χ4n) is 2.16. The Bertz CT molecular complexity index is 727. The molecule has 2 N–H and O–H groups in total. The molecule has 6 nitrogen and oxygen atoms in total. The van der Waals surface area contributed by atoms with E-state index in [1.54, 1.807) is 12.1 Å². The lowest BCUT2D eigenvalue weighted by Gasteiger charge is -2.06. The first-order chi connectivity index (χ1) is 12.1. The van der Waals surface area contributed by atoms with Crippen molar-refractivity contribution >= 4 is 12.1 Å². The van der Waals surface area contributed by atoms with Gasteiger partial charge in [0.25, 0.3) is 0 Å². The zero-order chi connectivity index (χ0) is 18.1. The van der Waals surface area contributed by atoms with Crippen molar-refractivity contribution in [2.24, 2.45) is 5.10 Å². The monoisotopic (exact) mass is 342 g/mol. The Labute approximate surface area is 147 Å². The first-order valence-electron chi connectivity index (χ1n) is 8.11. The number of ether oxygens (including phenoxy) is 2. The van der Waals surface area contributed by atoms with Crippen LogP contribution < -0.4 is 14.9 Å². The third kappa shape index (κ3) is 5.84. The number of nitrogens with one attached hydrogen (secondary N) is 1. The van der Waals surface area contributed by atoms with E-state index < -0.39 is 0 Å². The molecule has 0 aliphatic heterocycles. The number of phenols is 1. The Morgan fingerprint density at radius 1 is 1.12 bits per heavy atom. The SMILES string of the molecule is CCOc1ccc(CC(=O)N/N=C/c2ccc(O)c(OCC)c2)cc1. The molecule has 0 heterocycles. The zero-order valence-corrected chi connectivity index (χ0v) is 14.4. The first kappa shape index (κ1) is 18.3. The molecular weight excluding hydrogens is 320 g/mol. The third-order valence-electron chi connectivity index (χ3n) is 3.29. The van der Waals surface area contributed by atoms with Crippen molar-refractivity contribution < 1.29 is 19.4 Å². The molecule has 2 aromatic carbocycles. The zero-order valence-electron chi connectivity index (χ0n) is 14.4. The van der Waals surface area contributed by atoms with Crippen molar-refractivity contribution in [1.82, 2.24) is 5.43 Å². The molecule has 6 heteroatoms. The number of benzene rings is 2. The Hall–Kier alpha value is -3.02. The molecule has 2 rings (SSSR count). The minimum atomic E-state index is -0.218. The number of aromatic hydroxyl groups is 1. The Kier molecular flexibility index (Phi) is 6.83. The fourth-order valence-corrected chi connectivity index (χ4v) is 2.16. The van der Waals surface area contributed by atoms with Crippen LogP contribution in [0.3, 0.4) is 0 Å². The van der Waals surface area contributed by atoms with Crippen molar-refractivity contribution in [2.75, 3.05) is 13.2 Å². The van der Waals surface area contributed by atoms with E-state index in [1.165, 1.54) is 12.3 Å². The summed E-state index contributed by atoms with van der Waals surface area (Å²) < 4.78 is 10.7. The van der Waals surface area contributed by atoms with Crippen LogP contribution in [0.25, 0.3) is 0 Å². The highest BCUT2D eigenvalue weighted by atomic mass is 16.5. The number of carbonyl (C=O) groups is 1. The number of hydrogen-bond donors (Lipinski definition) is 2. The molecule has 0 aliphatic rings. The van der Waals surface area contributed by atoms with Crippen LogP contribution in [0.15, 0.2) is 47.6 Å². The maximum atomic E-state index is 11.9. The van der Waals surface area contributed by atoms with Crippen LogP contribution in [-0.2, 0) is 11.2 Å². The van der Waals surface area contributed by atoms with Gasteiger partial charge in [0.2, 0.25) is 5.91 Å². The Morgan fingerprint density at radius 3 is 2.52 bits per heavy atom. The largest absolute Gasteiger partial charge is 0.504 e. The number of nitrogens with zero attached hydrogens (tertiary/aromatic N) is 1. The van der Waals surface area contributed by atoms with Gasteiger partial charge in [-0.1, -0.05) is 12.1 Å². The molecule has 0 aliphatic carbocycles. The highest BCUT2D eigenvalue weighted by Crippen LogP contribution is 2.26. The highest BCUT2D eigenvalue weighted by molar-refractivity contribution is 5.84. The lowest BCUT2D eigenvalue weighted by molar-refractivity contribution is -0.120. The van der Waals surface area contributed by atoms with Crippen LogP contribution in [-0.4, -0.2) is 30.4 Å². The van der Waals surface area contributed by atoms with Gasteiger partial charge in [0, 0.05) is 0 Å². The molecule has 0 unspecified atom stereocenters. The molecule has 0 saturated heterocycles. The van der Waals surface area contributed by atoms with Gasteiger partial charge >= 0.3 is 0 Å². The van der Waals surface area contributed by atoms with E-state index in [-0.39, 0.29) is 18.1 Å². The Balaban J connectivity index is 1.88. The van der Waals surface area contributed by atoms with E-state index in [0.29, 0.717) is 24.5 Å². The second-order valence-corrected chi connectivity index (χ2v) is 5.21. The van der Waals surface area contributed by atoms with E-state index in [0.717, 1.165) is 11.3 Å². The van der Waals surface area contributed by atoms with E-state index in [1.807, 2.05) is 38.1 Å². The molecule has 1 amide bonds. The standard InChI is InChI=1S/C19H22N2O4/c1-3-24-16-8-5-14(6-9-16)12-19(23)21-20-13-15-7-10-17(22)18(11-15)25-4-2/h5-11,13,22H,3-4,12H2,1-2H3,(H,21,23)/b20-13+. The van der Waals surface area contributed by atoms with Crippen LogP contribution in [0.5, 0.6) is 17.2 Å². The van der Waals surface area contributed by atoms with Crippen molar-refractivity contribution in [3.8, 4) is 17.2 Å². The summed E-state index contributed by atoms with van der Waals surface area (Å²) in [6, 6.07) is 12.2. The number of phenolic OH excluding ortho intramolecular Hbond substituents is 1. The van der Waals surface area contributed by atoms with E-state index in [4.69, 9.17) is 9.47 Å². The molecule has 0 saturated carbocycles. The van der Waals surface area contributed by atoms with Crippen molar-refractivity contribution in [3.63, 3.8) is 0 Å². The third-order valence-corrected chi connectivity index (χ3v) is 3.29. The molecule has 0 aromatic heterocycles. The normalized spacial score (nSPS) is 10.6. The summed E-state index contributed by atoms with van der Waals surface area (Å²) in [5, 5.41) is 13.6. The van der Waals surface area contributed by atoms with Crippen molar-refractivity contribution in [1.29, 1.82) is 0 Å². The predicted molar refractivity (Wildman–Crippen MR) is 96.3 cm³/mol. The van der Waals surface area contributed by atoms with Gasteiger partial charge in [0.05, 0.1) is 25.8 Å². The number of hydrogen-bond acceptors (Lipinski definition) is 5. The number of amides is 1. The number of rotatable bonds is 8. The molecule has 0 spiro atoms. The smallest absolute Gasteiger partial charge is 0.244 e. The van der Waals surface area contributed by atoms with Crippen LogP contribution >= 0.6 is 0 Å². The minimum absolute atomic E-state index is 0.0681. The van der Waals surface area contributed by atoms with Crippen LogP contribution in [0.2, 0.25) is 0 Å². The van der Waals surface area contributed by atoms with E-state index >= 15 is 0 Å². The van der Waals surface area contributed by atoms with Gasteiger partial charge in [-0.05, 0) is 55.3 Å². The van der Waals surface area contributed by atoms with Gasteiger partial charge in [-0.15, -0.1) is 0 Å². The molecule has 0 radical (unpaired) electrons. The summed E-state index contributed by atoms with van der Waals surface area (Å²) in [4.78, 5) is 11.9. The van der Waals surface area contributed by atoms with Crippen LogP contribution in [0.1, 0.15) is 25.0 Å². The summed E-state index contributed by atoms with van der Waals surface area (Å²) in [7, 11) is 0. The summed E-state index contributed by atoms with van der Waals surface area (Å²) in [6.45, 7) is 4.82. The van der Waals surface area contributed by atoms with Crippen molar-refractivity contribution in [2.45, 2.75) is 20.3 Å². The predicted octanol–water partition coefficient (Wildman–Crippen LogP) is 2.88. The average Bonchev–Trinajstić information content (AvgIpc) is 2.60. The molecule has 132 valence electrons. The van der Waals surface area contributed by atoms with Gasteiger partial charge in [-0.3, -0.25) is 4.79 Å². The topological polar surface area (TPSA) is 80.2 Å². The van der Waals surface area contributed by atoms with Gasteiger partial charge in [-0.2, -0.15) is 5.10 Å². The lowest BCUT2D eigenvalue weighted by atomic mass is 10.1. The van der Waals surface area contributed by atoms with Gasteiger partial charge in [0.1, 0.15) is 5.75 Å². The highest BCUT2D eigenvalue weighted by Gasteiger charge is 2.04. The minimum Gasteiger partial charge on any atom is -0.504 e. The number of hydrazone groups is 1. The molecule has 0 bridgehead atoms.